The minimum Gasteiger partial charge on any atom is -0.482 e. The molecule has 2 unspecified atom stereocenters. The van der Waals surface area contributed by atoms with Gasteiger partial charge in [0.1, 0.15) is 34.6 Å². The number of carbonyl (C=O) groups excluding carboxylic acids is 2. The maximum absolute atomic E-state index is 15.0. The Hall–Kier alpha value is -3.57. The van der Waals surface area contributed by atoms with E-state index in [0.717, 1.165) is 6.42 Å². The molecule has 3 aliphatic rings. The van der Waals surface area contributed by atoms with Gasteiger partial charge in [0.25, 0.3) is 0 Å². The summed E-state index contributed by atoms with van der Waals surface area (Å²) in [6.45, 7) is 9.48. The molecule has 0 spiro atoms. The van der Waals surface area contributed by atoms with Crippen LogP contribution >= 0.6 is 15.9 Å². The van der Waals surface area contributed by atoms with E-state index >= 15 is 0 Å². The van der Waals surface area contributed by atoms with Crippen molar-refractivity contribution in [2.45, 2.75) is 71.7 Å². The first-order valence-corrected chi connectivity index (χ1v) is 16.2. The van der Waals surface area contributed by atoms with Crippen molar-refractivity contribution in [2.24, 2.45) is 28.6 Å². The van der Waals surface area contributed by atoms with Gasteiger partial charge in [0.15, 0.2) is 0 Å². The van der Waals surface area contributed by atoms with Gasteiger partial charge in [-0.15, -0.1) is 0 Å². The van der Waals surface area contributed by atoms with Crippen LogP contribution in [0.5, 0.6) is 5.75 Å². The third kappa shape index (κ3) is 5.15. The molecule has 2 aliphatic carbocycles. The molecule has 3 heterocycles. The van der Waals surface area contributed by atoms with E-state index in [1.807, 2.05) is 0 Å². The molecule has 6 rings (SSSR count). The van der Waals surface area contributed by atoms with Crippen LogP contribution < -0.4 is 10.4 Å². The number of aliphatic hydroxyl groups is 1. The number of carbonyl (C=O) groups is 2. The lowest BCUT2D eigenvalue weighted by atomic mass is 9.41. The Morgan fingerprint density at radius 1 is 1.20 bits per heavy atom. The fourth-order valence-corrected chi connectivity index (χ4v) is 8.88. The van der Waals surface area contributed by atoms with Crippen LogP contribution in [0.3, 0.4) is 0 Å². The van der Waals surface area contributed by atoms with Crippen molar-refractivity contribution < 1.29 is 37.7 Å². The topological polar surface area (TPSA) is 125 Å². The molecule has 11 heteroatoms. The summed E-state index contributed by atoms with van der Waals surface area (Å²) in [5.74, 6) is -2.62. The van der Waals surface area contributed by atoms with E-state index in [0.29, 0.717) is 16.5 Å². The van der Waals surface area contributed by atoms with Gasteiger partial charge in [-0.25, -0.2) is 14.0 Å². The monoisotopic (exact) mass is 697 g/mol. The Morgan fingerprint density at radius 3 is 2.63 bits per heavy atom. The van der Waals surface area contributed by atoms with Gasteiger partial charge >= 0.3 is 17.6 Å². The highest BCUT2D eigenvalue weighted by Gasteiger charge is 2.70. The molecule has 0 saturated heterocycles. The van der Waals surface area contributed by atoms with Crippen LogP contribution in [0.25, 0.3) is 11.3 Å². The summed E-state index contributed by atoms with van der Waals surface area (Å²) in [4.78, 5) is 43.3. The van der Waals surface area contributed by atoms with E-state index in [1.54, 1.807) is 43.6 Å². The molecule has 244 valence electrons. The van der Waals surface area contributed by atoms with Crippen molar-refractivity contribution in [3.05, 3.63) is 80.6 Å². The number of nitrogens with zero attached hydrogens (tertiary/aromatic N) is 1. The van der Waals surface area contributed by atoms with E-state index in [1.165, 1.54) is 19.1 Å². The molecule has 8 atom stereocenters. The van der Waals surface area contributed by atoms with E-state index in [2.05, 4.69) is 41.7 Å². The standard InChI is InChI=1S/C35H37BrFNO8/c1-18-10-11-33(3)26(34(18,4)17-43-19(2)39)15-27(45-31(41)22-9-8-21(36)13-23(22)37)35(5)30(33)29(40)28-25(46-35)14-24(44-32(28)42)20-7-6-12-38-16-20/h6-9,12-14,16,18,26-27,29-30,40H,10-11,15,17H2,1-5H3/t18-,26?,27-,29-,30?,33-,34+,35+/m0/s1. The van der Waals surface area contributed by atoms with Crippen molar-refractivity contribution in [1.82, 2.24) is 4.98 Å². The zero-order valence-corrected chi connectivity index (χ0v) is 27.9. The van der Waals surface area contributed by atoms with Gasteiger partial charge in [0, 0.05) is 46.8 Å². The van der Waals surface area contributed by atoms with E-state index in [4.69, 9.17) is 18.6 Å². The van der Waals surface area contributed by atoms with Crippen LogP contribution in [0.1, 0.15) is 75.9 Å². The molecule has 3 aromatic rings. The lowest BCUT2D eigenvalue weighted by molar-refractivity contribution is -0.257. The summed E-state index contributed by atoms with van der Waals surface area (Å²) < 4.78 is 39.7. The number of pyridine rings is 1. The lowest BCUT2D eigenvalue weighted by Crippen LogP contribution is -2.70. The summed E-state index contributed by atoms with van der Waals surface area (Å²) in [7, 11) is 0. The van der Waals surface area contributed by atoms with Gasteiger partial charge in [-0.2, -0.15) is 0 Å². The number of aliphatic hydroxyl groups excluding tert-OH is 1. The Labute approximate surface area is 274 Å². The maximum atomic E-state index is 15.0. The van der Waals surface area contributed by atoms with Crippen LogP contribution in [0.2, 0.25) is 0 Å². The second-order valence-corrected chi connectivity index (χ2v) is 14.6. The van der Waals surface area contributed by atoms with Crippen LogP contribution in [0.4, 0.5) is 4.39 Å². The van der Waals surface area contributed by atoms with Crippen molar-refractivity contribution in [2.75, 3.05) is 6.61 Å². The minimum atomic E-state index is -1.35. The minimum absolute atomic E-state index is 0.0127. The van der Waals surface area contributed by atoms with Gasteiger partial charge in [-0.3, -0.25) is 9.78 Å². The van der Waals surface area contributed by atoms with Gasteiger partial charge in [-0.05, 0) is 73.8 Å². The average molecular weight is 699 g/mol. The van der Waals surface area contributed by atoms with E-state index in [9.17, 15) is 23.9 Å². The van der Waals surface area contributed by atoms with Gasteiger partial charge in [0.05, 0.1) is 18.3 Å². The smallest absolute Gasteiger partial charge is 0.345 e. The first-order chi connectivity index (χ1) is 21.7. The quantitative estimate of drug-likeness (QED) is 0.292. The zero-order chi connectivity index (χ0) is 33.2. The van der Waals surface area contributed by atoms with Crippen LogP contribution in [-0.4, -0.2) is 40.3 Å². The number of ether oxygens (including phenoxy) is 3. The largest absolute Gasteiger partial charge is 0.482 e. The highest BCUT2D eigenvalue weighted by atomic mass is 79.9. The Kier molecular flexibility index (Phi) is 8.16. The number of fused-ring (bicyclic) bond motifs is 4. The molecular formula is C35H37BrFNO8. The summed E-state index contributed by atoms with van der Waals surface area (Å²) in [6.07, 6.45) is 2.53. The van der Waals surface area contributed by atoms with Crippen LogP contribution in [0.15, 0.2) is 62.5 Å². The fraction of sp³-hybridized carbons (Fsp3) is 0.486. The second-order valence-electron chi connectivity index (χ2n) is 13.7. The third-order valence-electron chi connectivity index (χ3n) is 11.1. The molecule has 0 radical (unpaired) electrons. The number of halogens is 2. The Bertz CT molecular complexity index is 1750. The summed E-state index contributed by atoms with van der Waals surface area (Å²) in [5.41, 5.74) is -3.04. The molecule has 2 fully saturated rings. The molecule has 0 amide bonds. The SMILES string of the molecule is CC(=O)OC[C@@]1(C)C2C[C@H](OC(=O)c3ccc(Br)cc3F)[C@@]3(C)Oc4cc(-c5cccnc5)oc(=O)c4[C@H](O)C3[C@@]2(C)CC[C@@H]1C. The first kappa shape index (κ1) is 32.4. The van der Waals surface area contributed by atoms with Crippen molar-refractivity contribution in [1.29, 1.82) is 0 Å². The predicted octanol–water partition coefficient (Wildman–Crippen LogP) is 6.66. The molecule has 46 heavy (non-hydrogen) atoms. The van der Waals surface area contributed by atoms with E-state index in [-0.39, 0.29) is 47.5 Å². The molecule has 1 N–H and O–H groups in total. The molecule has 2 aromatic heterocycles. The highest BCUT2D eigenvalue weighted by molar-refractivity contribution is 9.10. The summed E-state index contributed by atoms with van der Waals surface area (Å²) >= 11 is 3.22. The highest BCUT2D eigenvalue weighted by Crippen LogP contribution is 2.68. The van der Waals surface area contributed by atoms with Crippen molar-refractivity contribution in [3.63, 3.8) is 0 Å². The van der Waals surface area contributed by atoms with Crippen LogP contribution in [0, 0.1) is 34.4 Å². The maximum Gasteiger partial charge on any atom is 0.345 e. The number of hydrogen-bond acceptors (Lipinski definition) is 9. The summed E-state index contributed by atoms with van der Waals surface area (Å²) in [5, 5.41) is 12.2. The number of benzene rings is 1. The summed E-state index contributed by atoms with van der Waals surface area (Å²) in [6, 6.07) is 9.08. The molecule has 2 saturated carbocycles. The van der Waals surface area contributed by atoms with Crippen molar-refractivity contribution >= 4 is 27.9 Å². The molecule has 9 nitrogen and oxygen atoms in total. The molecule has 1 aromatic carbocycles. The van der Waals surface area contributed by atoms with Crippen molar-refractivity contribution in [3.8, 4) is 17.1 Å². The predicted molar refractivity (Wildman–Crippen MR) is 168 cm³/mol. The molecular weight excluding hydrogens is 661 g/mol. The van der Waals surface area contributed by atoms with Gasteiger partial charge in [0.2, 0.25) is 0 Å². The van der Waals surface area contributed by atoms with Crippen LogP contribution in [-0.2, 0) is 14.3 Å². The fourth-order valence-electron chi connectivity index (χ4n) is 8.55. The Balaban J connectivity index is 1.50. The van der Waals surface area contributed by atoms with E-state index < -0.39 is 57.9 Å². The lowest BCUT2D eigenvalue weighted by Gasteiger charge is -2.66. The number of esters is 2. The zero-order valence-electron chi connectivity index (χ0n) is 26.3. The number of rotatable bonds is 5. The third-order valence-corrected chi connectivity index (χ3v) is 11.6. The van der Waals surface area contributed by atoms with Gasteiger partial charge < -0.3 is 23.7 Å². The number of aromatic nitrogens is 1. The normalized spacial score (nSPS) is 33.1. The molecule has 1 aliphatic heterocycles. The average Bonchev–Trinajstić information content (AvgIpc) is 2.99. The second kappa shape index (κ2) is 11.6. The number of hydrogen-bond donors (Lipinski definition) is 1. The van der Waals surface area contributed by atoms with Gasteiger partial charge in [-0.1, -0.05) is 36.7 Å². The Morgan fingerprint density at radius 2 is 1.96 bits per heavy atom. The first-order valence-electron chi connectivity index (χ1n) is 15.4. The molecule has 0 bridgehead atoms.